The summed E-state index contributed by atoms with van der Waals surface area (Å²) in [6.45, 7) is 0.195. The predicted octanol–water partition coefficient (Wildman–Crippen LogP) is -0.145. The van der Waals surface area contributed by atoms with Crippen LogP contribution in [0.2, 0.25) is 0 Å². The van der Waals surface area contributed by atoms with Crippen molar-refractivity contribution in [2.24, 2.45) is 5.92 Å². The molecule has 3 N–H and O–H groups in total. The van der Waals surface area contributed by atoms with E-state index in [9.17, 15) is 15.3 Å². The van der Waals surface area contributed by atoms with Gasteiger partial charge in [-0.15, -0.1) is 0 Å². The van der Waals surface area contributed by atoms with Gasteiger partial charge in [-0.3, -0.25) is 0 Å². The van der Waals surface area contributed by atoms with E-state index >= 15 is 0 Å². The maximum atomic E-state index is 9.96. The topological polar surface area (TPSA) is 88.4 Å². The molecule has 3 rings (SSSR count). The number of ether oxygens (including phenoxy) is 3. The molecule has 0 bridgehead atoms. The van der Waals surface area contributed by atoms with Gasteiger partial charge < -0.3 is 29.5 Å². The molecular weight excluding hydrogens is 276 g/mol. The highest BCUT2D eigenvalue weighted by Gasteiger charge is 2.47. The third kappa shape index (κ3) is 3.26. The molecule has 6 heteroatoms. The molecule has 0 aromatic heterocycles. The van der Waals surface area contributed by atoms with Crippen LogP contribution in [0, 0.1) is 5.92 Å². The van der Waals surface area contributed by atoms with E-state index in [0.717, 1.165) is 6.42 Å². The fourth-order valence-electron chi connectivity index (χ4n) is 2.68. The van der Waals surface area contributed by atoms with Crippen LogP contribution in [0.1, 0.15) is 6.42 Å². The summed E-state index contributed by atoms with van der Waals surface area (Å²) in [7, 11) is 0. The summed E-state index contributed by atoms with van der Waals surface area (Å²) in [4.78, 5) is 0. The van der Waals surface area contributed by atoms with Gasteiger partial charge in [0.2, 0.25) is 0 Å². The molecule has 21 heavy (non-hydrogen) atoms. The third-order valence-electron chi connectivity index (χ3n) is 3.90. The van der Waals surface area contributed by atoms with Crippen molar-refractivity contribution in [2.75, 3.05) is 6.61 Å². The normalized spacial score (nSPS) is 46.7. The lowest BCUT2D eigenvalue weighted by molar-refractivity contribution is -0.343. The van der Waals surface area contributed by atoms with Crippen molar-refractivity contribution in [1.29, 1.82) is 0 Å². The fourth-order valence-corrected chi connectivity index (χ4v) is 2.68. The van der Waals surface area contributed by atoms with Crippen LogP contribution in [-0.2, 0) is 14.2 Å². The summed E-state index contributed by atoms with van der Waals surface area (Å²) in [5.41, 5.74) is 0. The first-order valence-corrected chi connectivity index (χ1v) is 7.13. The molecule has 2 aliphatic heterocycles. The molecular formula is C15H20O6. The molecule has 6 nitrogen and oxygen atoms in total. The number of fused-ring (bicyclic) bond motifs is 1. The lowest BCUT2D eigenvalue weighted by Crippen LogP contribution is -2.62. The van der Waals surface area contributed by atoms with Crippen LogP contribution in [0.4, 0.5) is 0 Å². The van der Waals surface area contributed by atoms with Gasteiger partial charge in [-0.2, -0.15) is 0 Å². The standard InChI is InChI=1S/C15H20O6/c16-12-13(17)15(18)20-10-8-19-11(21-14(10)12)7-6-9-4-2-1-3-5-9/h1-4,6-7,9-18H,5,8H2/b7-6-. The van der Waals surface area contributed by atoms with E-state index in [-0.39, 0.29) is 6.61 Å². The second kappa shape index (κ2) is 6.39. The maximum Gasteiger partial charge on any atom is 0.184 e. The van der Waals surface area contributed by atoms with Crippen LogP contribution in [0.15, 0.2) is 36.5 Å². The van der Waals surface area contributed by atoms with Crippen molar-refractivity contribution >= 4 is 0 Å². The molecule has 0 aromatic rings. The summed E-state index contributed by atoms with van der Waals surface area (Å²) in [5.74, 6) is 0.305. The van der Waals surface area contributed by atoms with E-state index in [2.05, 4.69) is 12.2 Å². The van der Waals surface area contributed by atoms with E-state index in [1.165, 1.54) is 0 Å². The number of hydrogen-bond acceptors (Lipinski definition) is 6. The van der Waals surface area contributed by atoms with E-state index in [1.54, 1.807) is 6.08 Å². The number of allylic oxidation sites excluding steroid dienone is 5. The Morgan fingerprint density at radius 1 is 1.00 bits per heavy atom. The zero-order valence-electron chi connectivity index (χ0n) is 11.5. The summed E-state index contributed by atoms with van der Waals surface area (Å²) < 4.78 is 16.3. The molecule has 116 valence electrons. The zero-order chi connectivity index (χ0) is 14.8. The largest absolute Gasteiger partial charge is 0.387 e. The van der Waals surface area contributed by atoms with Gasteiger partial charge in [0.1, 0.15) is 24.4 Å². The van der Waals surface area contributed by atoms with Crippen LogP contribution in [0.5, 0.6) is 0 Å². The second-order valence-electron chi connectivity index (χ2n) is 5.45. The Labute approximate surface area is 122 Å². The Bertz CT molecular complexity index is 443. The Morgan fingerprint density at radius 2 is 1.86 bits per heavy atom. The van der Waals surface area contributed by atoms with Crippen molar-refractivity contribution in [3.05, 3.63) is 36.5 Å². The van der Waals surface area contributed by atoms with Crippen molar-refractivity contribution in [2.45, 2.75) is 43.4 Å². The van der Waals surface area contributed by atoms with Crippen molar-refractivity contribution in [1.82, 2.24) is 0 Å². The van der Waals surface area contributed by atoms with Crippen LogP contribution < -0.4 is 0 Å². The molecule has 2 saturated heterocycles. The second-order valence-corrected chi connectivity index (χ2v) is 5.45. The zero-order valence-corrected chi connectivity index (χ0v) is 11.5. The summed E-state index contributed by atoms with van der Waals surface area (Å²) in [6.07, 6.45) is 7.02. The average Bonchev–Trinajstić information content (AvgIpc) is 2.52. The Kier molecular flexibility index (Phi) is 4.54. The Morgan fingerprint density at radius 3 is 2.62 bits per heavy atom. The van der Waals surface area contributed by atoms with Gasteiger partial charge in [-0.05, 0) is 18.4 Å². The van der Waals surface area contributed by atoms with Gasteiger partial charge in [0.05, 0.1) is 6.61 Å². The molecule has 1 aliphatic carbocycles. The minimum absolute atomic E-state index is 0.195. The average molecular weight is 296 g/mol. The minimum Gasteiger partial charge on any atom is -0.387 e. The first-order chi connectivity index (χ1) is 10.1. The minimum atomic E-state index is -1.42. The third-order valence-corrected chi connectivity index (χ3v) is 3.90. The van der Waals surface area contributed by atoms with Crippen molar-refractivity contribution in [3.8, 4) is 0 Å². The van der Waals surface area contributed by atoms with Gasteiger partial charge >= 0.3 is 0 Å². The fraction of sp³-hybridized carbons (Fsp3) is 0.600. The van der Waals surface area contributed by atoms with Gasteiger partial charge in [0.25, 0.3) is 0 Å². The van der Waals surface area contributed by atoms with Crippen LogP contribution >= 0.6 is 0 Å². The molecule has 3 aliphatic rings. The van der Waals surface area contributed by atoms with Crippen LogP contribution in [0.25, 0.3) is 0 Å². The first-order valence-electron chi connectivity index (χ1n) is 7.13. The maximum absolute atomic E-state index is 9.96. The molecule has 2 heterocycles. The van der Waals surface area contributed by atoms with E-state index in [4.69, 9.17) is 14.2 Å². The van der Waals surface area contributed by atoms with E-state index < -0.39 is 37.0 Å². The molecule has 0 amide bonds. The smallest absolute Gasteiger partial charge is 0.184 e. The highest BCUT2D eigenvalue weighted by atomic mass is 16.7. The molecule has 7 atom stereocenters. The Hall–Kier alpha value is -1.02. The molecule has 7 unspecified atom stereocenters. The van der Waals surface area contributed by atoms with E-state index in [1.807, 2.05) is 18.2 Å². The van der Waals surface area contributed by atoms with Crippen LogP contribution in [-0.4, -0.2) is 58.9 Å². The van der Waals surface area contributed by atoms with Gasteiger partial charge in [0, 0.05) is 0 Å². The molecule has 2 fully saturated rings. The number of aliphatic hydroxyl groups is 3. The first kappa shape index (κ1) is 14.9. The monoisotopic (exact) mass is 296 g/mol. The van der Waals surface area contributed by atoms with E-state index in [0.29, 0.717) is 5.92 Å². The summed E-state index contributed by atoms with van der Waals surface area (Å²) >= 11 is 0. The molecule has 0 radical (unpaired) electrons. The van der Waals surface area contributed by atoms with Gasteiger partial charge in [-0.25, -0.2) is 0 Å². The van der Waals surface area contributed by atoms with Crippen LogP contribution in [0.3, 0.4) is 0 Å². The molecule has 0 spiro atoms. The summed E-state index contributed by atoms with van der Waals surface area (Å²) in [6, 6.07) is 0. The number of rotatable bonds is 2. The van der Waals surface area contributed by atoms with Gasteiger partial charge in [0.15, 0.2) is 12.6 Å². The highest BCUT2D eigenvalue weighted by Crippen LogP contribution is 2.28. The number of hydrogen-bond donors (Lipinski definition) is 3. The number of aliphatic hydroxyl groups excluding tert-OH is 3. The molecule has 0 aromatic carbocycles. The highest BCUT2D eigenvalue weighted by molar-refractivity contribution is 5.15. The van der Waals surface area contributed by atoms with Crippen molar-refractivity contribution < 1.29 is 29.5 Å². The SMILES string of the molecule is OC1OC2COC(/C=C\C3C=CC=CC3)OC2C(O)C1O. The Balaban J connectivity index is 1.59. The van der Waals surface area contributed by atoms with Gasteiger partial charge in [-0.1, -0.05) is 30.4 Å². The lowest BCUT2D eigenvalue weighted by atomic mass is 9.98. The summed E-state index contributed by atoms with van der Waals surface area (Å²) in [5, 5.41) is 29.0. The predicted molar refractivity (Wildman–Crippen MR) is 73.0 cm³/mol. The quantitative estimate of drug-likeness (QED) is 0.615. The van der Waals surface area contributed by atoms with Crippen molar-refractivity contribution in [3.63, 3.8) is 0 Å². The lowest BCUT2D eigenvalue weighted by Gasteiger charge is -2.44. The molecule has 0 saturated carbocycles.